The van der Waals surface area contributed by atoms with E-state index in [1.165, 1.54) is 17.9 Å². The van der Waals surface area contributed by atoms with Crippen LogP contribution in [0, 0.1) is 0 Å². The fourth-order valence-electron chi connectivity index (χ4n) is 0.606. The van der Waals surface area contributed by atoms with Crippen LogP contribution in [-0.4, -0.2) is 16.1 Å². The van der Waals surface area contributed by atoms with Crippen molar-refractivity contribution >= 4 is 23.5 Å². The summed E-state index contributed by atoms with van der Waals surface area (Å²) in [5.74, 6) is 2.77. The molecule has 3 heteroatoms. The summed E-state index contributed by atoms with van der Waals surface area (Å²) in [5.41, 5.74) is 0. The van der Waals surface area contributed by atoms with Crippen molar-refractivity contribution in [3.05, 3.63) is 0 Å². The second-order valence-electron chi connectivity index (χ2n) is 1.66. The molecule has 0 amide bonds. The molecule has 1 aliphatic heterocycles. The SMILES string of the molecule is CC1SCCCS1.[H-].[Li+]. The van der Waals surface area contributed by atoms with Crippen LogP contribution in [0.1, 0.15) is 14.8 Å². The normalized spacial score (nSPS) is 22.1. The molecule has 0 saturated carbocycles. The van der Waals surface area contributed by atoms with Crippen molar-refractivity contribution in [3.63, 3.8) is 0 Å². The van der Waals surface area contributed by atoms with Gasteiger partial charge in [-0.3, -0.25) is 0 Å². The number of hydrogen-bond donors (Lipinski definition) is 0. The van der Waals surface area contributed by atoms with Crippen molar-refractivity contribution < 1.29 is 20.3 Å². The molecule has 0 atom stereocenters. The van der Waals surface area contributed by atoms with E-state index in [9.17, 15) is 0 Å². The molecule has 0 spiro atoms. The van der Waals surface area contributed by atoms with E-state index < -0.39 is 0 Å². The third-order valence-corrected chi connectivity index (χ3v) is 3.80. The molecule has 1 saturated heterocycles. The summed E-state index contributed by atoms with van der Waals surface area (Å²) in [6, 6.07) is 0. The van der Waals surface area contributed by atoms with Crippen LogP contribution in [0.15, 0.2) is 0 Å². The van der Waals surface area contributed by atoms with Gasteiger partial charge >= 0.3 is 18.9 Å². The monoisotopic (exact) mass is 142 g/mol. The van der Waals surface area contributed by atoms with Gasteiger partial charge in [0.1, 0.15) is 0 Å². The summed E-state index contributed by atoms with van der Waals surface area (Å²) >= 11 is 4.16. The predicted molar refractivity (Wildman–Crippen MR) is 40.1 cm³/mol. The van der Waals surface area contributed by atoms with Gasteiger partial charge in [-0.25, -0.2) is 0 Å². The zero-order valence-corrected chi connectivity index (χ0v) is 7.15. The van der Waals surface area contributed by atoms with E-state index in [1.807, 2.05) is 0 Å². The van der Waals surface area contributed by atoms with Crippen LogP contribution in [0.3, 0.4) is 0 Å². The first-order valence-corrected chi connectivity index (χ1v) is 4.72. The Labute approximate surface area is 73.2 Å². The molecule has 0 aromatic heterocycles. The standard InChI is InChI=1S/C5H10S2.Li.H/c1-5-6-3-2-4-7-5;;/h5H,2-4H2,1H3;;/q;+1;-1. The Kier molecular flexibility index (Phi) is 5.94. The van der Waals surface area contributed by atoms with Crippen LogP contribution >= 0.6 is 23.5 Å². The molecule has 0 bridgehead atoms. The Bertz CT molecular complexity index is 56.9. The number of thioether (sulfide) groups is 2. The second-order valence-corrected chi connectivity index (χ2v) is 4.86. The minimum absolute atomic E-state index is 0. The first-order chi connectivity index (χ1) is 3.39. The van der Waals surface area contributed by atoms with Crippen LogP contribution in [0.25, 0.3) is 0 Å². The van der Waals surface area contributed by atoms with Crippen molar-refractivity contribution in [1.82, 2.24) is 0 Å². The zero-order valence-electron chi connectivity index (χ0n) is 6.52. The molecule has 1 aliphatic rings. The van der Waals surface area contributed by atoms with Gasteiger partial charge < -0.3 is 1.43 Å². The smallest absolute Gasteiger partial charge is 1.00 e. The van der Waals surface area contributed by atoms with Crippen LogP contribution in [0.2, 0.25) is 0 Å². The topological polar surface area (TPSA) is 0 Å². The molecule has 0 aromatic carbocycles. The average molecular weight is 142 g/mol. The van der Waals surface area contributed by atoms with E-state index in [2.05, 4.69) is 30.4 Å². The molecular weight excluding hydrogens is 131 g/mol. The Morgan fingerprint density at radius 2 is 1.88 bits per heavy atom. The molecule has 1 fully saturated rings. The summed E-state index contributed by atoms with van der Waals surface area (Å²) in [6.07, 6.45) is 1.42. The predicted octanol–water partition coefficient (Wildman–Crippen LogP) is -0.681. The maximum absolute atomic E-state index is 2.29. The summed E-state index contributed by atoms with van der Waals surface area (Å²) in [4.78, 5) is 0. The van der Waals surface area contributed by atoms with Gasteiger partial charge in [0.15, 0.2) is 0 Å². The summed E-state index contributed by atoms with van der Waals surface area (Å²) in [6.45, 7) is 2.29. The third kappa shape index (κ3) is 3.35. The minimum Gasteiger partial charge on any atom is -1.00 e. The Morgan fingerprint density at radius 3 is 2.12 bits per heavy atom. The number of hydrogen-bond acceptors (Lipinski definition) is 2. The summed E-state index contributed by atoms with van der Waals surface area (Å²) < 4.78 is 0.869. The third-order valence-electron chi connectivity index (χ3n) is 0.994. The Morgan fingerprint density at radius 1 is 1.38 bits per heavy atom. The van der Waals surface area contributed by atoms with Gasteiger partial charge in [-0.1, -0.05) is 0 Å². The van der Waals surface area contributed by atoms with Gasteiger partial charge in [-0.05, 0) is 24.9 Å². The fraction of sp³-hybridized carbons (Fsp3) is 1.00. The van der Waals surface area contributed by atoms with Crippen LogP contribution in [-0.2, 0) is 0 Å². The van der Waals surface area contributed by atoms with E-state index in [0.29, 0.717) is 0 Å². The van der Waals surface area contributed by atoms with Crippen LogP contribution in [0.4, 0.5) is 0 Å². The van der Waals surface area contributed by atoms with Gasteiger partial charge in [0, 0.05) is 4.58 Å². The van der Waals surface area contributed by atoms with Crippen molar-refractivity contribution in [2.75, 3.05) is 11.5 Å². The largest absolute Gasteiger partial charge is 1.00 e. The average Bonchev–Trinajstić information content (AvgIpc) is 1.69. The van der Waals surface area contributed by atoms with Gasteiger partial charge in [0.05, 0.1) is 0 Å². The zero-order chi connectivity index (χ0) is 5.11. The molecule has 0 aromatic rings. The summed E-state index contributed by atoms with van der Waals surface area (Å²) in [7, 11) is 0. The molecule has 1 heterocycles. The van der Waals surface area contributed by atoms with Gasteiger partial charge in [0.25, 0.3) is 0 Å². The Balaban J connectivity index is 0. The molecule has 1 rings (SSSR count). The minimum atomic E-state index is 0. The van der Waals surface area contributed by atoms with Crippen molar-refractivity contribution in [2.45, 2.75) is 17.9 Å². The molecule has 0 radical (unpaired) electrons. The maximum Gasteiger partial charge on any atom is 1.00 e. The molecule has 0 N–H and O–H groups in total. The maximum atomic E-state index is 2.29. The van der Waals surface area contributed by atoms with Crippen LogP contribution in [0.5, 0.6) is 0 Å². The van der Waals surface area contributed by atoms with E-state index in [-0.39, 0.29) is 20.3 Å². The van der Waals surface area contributed by atoms with E-state index >= 15 is 0 Å². The fourth-order valence-corrected chi connectivity index (χ4v) is 3.04. The first kappa shape index (κ1) is 9.30. The van der Waals surface area contributed by atoms with Gasteiger partial charge in [-0.15, -0.1) is 23.5 Å². The van der Waals surface area contributed by atoms with E-state index in [1.54, 1.807) is 0 Å². The quantitative estimate of drug-likeness (QED) is 0.411. The van der Waals surface area contributed by atoms with Gasteiger partial charge in [-0.2, -0.15) is 0 Å². The van der Waals surface area contributed by atoms with Crippen LogP contribution < -0.4 is 18.9 Å². The molecule has 8 heavy (non-hydrogen) atoms. The molecule has 44 valence electrons. The first-order valence-electron chi connectivity index (χ1n) is 2.63. The molecule has 0 aliphatic carbocycles. The van der Waals surface area contributed by atoms with Crippen molar-refractivity contribution in [2.24, 2.45) is 0 Å². The molecular formula is C5H11LiS2. The molecule has 0 nitrogen and oxygen atoms in total. The van der Waals surface area contributed by atoms with E-state index in [0.717, 1.165) is 4.58 Å². The Hall–Kier alpha value is 1.30. The van der Waals surface area contributed by atoms with E-state index in [4.69, 9.17) is 0 Å². The molecule has 0 unspecified atom stereocenters. The van der Waals surface area contributed by atoms with Crippen molar-refractivity contribution in [1.29, 1.82) is 0 Å². The number of rotatable bonds is 0. The van der Waals surface area contributed by atoms with Crippen molar-refractivity contribution in [3.8, 4) is 0 Å². The van der Waals surface area contributed by atoms with Gasteiger partial charge in [0.2, 0.25) is 0 Å². The second kappa shape index (κ2) is 5.11. The summed E-state index contributed by atoms with van der Waals surface area (Å²) in [5, 5.41) is 0.